The van der Waals surface area contributed by atoms with Gasteiger partial charge in [0.05, 0.1) is 24.0 Å². The number of rotatable bonds is 2. The van der Waals surface area contributed by atoms with Crippen LogP contribution in [0.2, 0.25) is 0 Å². The summed E-state index contributed by atoms with van der Waals surface area (Å²) in [6, 6.07) is 8.96. The van der Waals surface area contributed by atoms with E-state index < -0.39 is 0 Å². The van der Waals surface area contributed by atoms with Crippen molar-refractivity contribution in [3.8, 4) is 0 Å². The van der Waals surface area contributed by atoms with Crippen LogP contribution in [-0.4, -0.2) is 41.5 Å². The van der Waals surface area contributed by atoms with Crippen LogP contribution in [-0.2, 0) is 16.0 Å². The number of carbonyl (C=O) groups is 1. The van der Waals surface area contributed by atoms with Gasteiger partial charge in [-0.2, -0.15) is 0 Å². The second-order valence-corrected chi connectivity index (χ2v) is 8.10. The summed E-state index contributed by atoms with van der Waals surface area (Å²) in [5, 5.41) is 4.32. The lowest BCUT2D eigenvalue weighted by atomic mass is 9.72. The van der Waals surface area contributed by atoms with Crippen molar-refractivity contribution in [2.24, 2.45) is 11.8 Å². The van der Waals surface area contributed by atoms with Gasteiger partial charge in [0.2, 0.25) is 0 Å². The molecule has 3 aliphatic rings. The number of H-pyrrole nitrogens is 1. The highest BCUT2D eigenvalue weighted by Crippen LogP contribution is 2.47. The molecule has 2 aromatic rings. The molecular formula is C22H27N3O2. The smallest absolute Gasteiger partial charge is 0.250 e. The van der Waals surface area contributed by atoms with Gasteiger partial charge in [0.15, 0.2) is 0 Å². The van der Waals surface area contributed by atoms with E-state index >= 15 is 0 Å². The Morgan fingerprint density at radius 1 is 1.37 bits per heavy atom. The Labute approximate surface area is 159 Å². The summed E-state index contributed by atoms with van der Waals surface area (Å²) in [6.07, 6.45) is 3.93. The number of carbonyl (C=O) groups excluding carboxylic acids is 1. The Balaban J connectivity index is 1.52. The van der Waals surface area contributed by atoms with Crippen LogP contribution in [0, 0.1) is 11.8 Å². The summed E-state index contributed by atoms with van der Waals surface area (Å²) >= 11 is 0. The molecule has 2 N–H and O–H groups in total. The number of aromatic nitrogens is 1. The molecule has 1 saturated heterocycles. The first-order valence-electron chi connectivity index (χ1n) is 10.1. The van der Waals surface area contributed by atoms with Crippen LogP contribution in [0.3, 0.4) is 0 Å². The first kappa shape index (κ1) is 16.9. The zero-order valence-corrected chi connectivity index (χ0v) is 16.0. The fraction of sp³-hybridized carbons (Fsp3) is 0.500. The lowest BCUT2D eigenvalue weighted by molar-refractivity contribution is -0.120. The SMILES string of the molecule is CCNC(=O)C1=CO[C@@H](C)[C@H]2CN3CCc4c([nH]c5ccccc45)[C@H]3C[C@H]12. The van der Waals surface area contributed by atoms with Crippen molar-refractivity contribution >= 4 is 16.8 Å². The number of amides is 1. The van der Waals surface area contributed by atoms with Gasteiger partial charge in [0.25, 0.3) is 5.91 Å². The van der Waals surface area contributed by atoms with Gasteiger partial charge in [-0.25, -0.2) is 0 Å². The van der Waals surface area contributed by atoms with Gasteiger partial charge < -0.3 is 15.0 Å². The summed E-state index contributed by atoms with van der Waals surface area (Å²) in [5.74, 6) is 0.647. The van der Waals surface area contributed by atoms with Crippen molar-refractivity contribution in [3.63, 3.8) is 0 Å². The zero-order chi connectivity index (χ0) is 18.5. The van der Waals surface area contributed by atoms with E-state index in [0.717, 1.165) is 31.5 Å². The molecule has 1 amide bonds. The molecule has 4 atom stereocenters. The van der Waals surface area contributed by atoms with Crippen molar-refractivity contribution in [1.82, 2.24) is 15.2 Å². The molecule has 0 bridgehead atoms. The number of nitrogens with one attached hydrogen (secondary N) is 2. The molecule has 0 radical (unpaired) electrons. The highest BCUT2D eigenvalue weighted by atomic mass is 16.5. The van der Waals surface area contributed by atoms with Crippen LogP contribution in [0.1, 0.15) is 37.6 Å². The topological polar surface area (TPSA) is 57.4 Å². The second kappa shape index (κ2) is 6.41. The minimum Gasteiger partial charge on any atom is -0.497 e. The molecule has 5 heteroatoms. The van der Waals surface area contributed by atoms with E-state index in [9.17, 15) is 4.79 Å². The predicted octanol–water partition coefficient (Wildman–Crippen LogP) is 3.14. The second-order valence-electron chi connectivity index (χ2n) is 8.10. The van der Waals surface area contributed by atoms with Crippen LogP contribution in [0.15, 0.2) is 36.1 Å². The van der Waals surface area contributed by atoms with Gasteiger partial charge in [0.1, 0.15) is 0 Å². The lowest BCUT2D eigenvalue weighted by Gasteiger charge is -2.49. The van der Waals surface area contributed by atoms with Gasteiger partial charge in [0, 0.05) is 48.1 Å². The largest absolute Gasteiger partial charge is 0.497 e. The van der Waals surface area contributed by atoms with Crippen molar-refractivity contribution in [1.29, 1.82) is 0 Å². The number of nitrogens with zero attached hydrogens (tertiary/aromatic N) is 1. The molecule has 0 unspecified atom stereocenters. The Morgan fingerprint density at radius 2 is 2.22 bits per heavy atom. The predicted molar refractivity (Wildman–Crippen MR) is 105 cm³/mol. The number of likely N-dealkylation sites (N-methyl/N-ethyl adjacent to an activating group) is 1. The maximum atomic E-state index is 12.6. The third kappa shape index (κ3) is 2.59. The van der Waals surface area contributed by atoms with Gasteiger partial charge >= 0.3 is 0 Å². The van der Waals surface area contributed by atoms with Crippen LogP contribution in [0.25, 0.3) is 10.9 Å². The number of piperidine rings is 1. The van der Waals surface area contributed by atoms with Crippen molar-refractivity contribution in [3.05, 3.63) is 47.4 Å². The van der Waals surface area contributed by atoms with Gasteiger partial charge in [-0.3, -0.25) is 9.69 Å². The van der Waals surface area contributed by atoms with E-state index in [1.165, 1.54) is 22.2 Å². The fourth-order valence-corrected chi connectivity index (χ4v) is 5.35. The molecule has 0 spiro atoms. The van der Waals surface area contributed by atoms with Crippen LogP contribution in [0.4, 0.5) is 0 Å². The molecule has 142 valence electrons. The average molecular weight is 365 g/mol. The molecule has 5 rings (SSSR count). The monoisotopic (exact) mass is 365 g/mol. The lowest BCUT2D eigenvalue weighted by Crippen LogP contribution is -2.52. The summed E-state index contributed by atoms with van der Waals surface area (Å²) < 4.78 is 5.87. The van der Waals surface area contributed by atoms with E-state index in [4.69, 9.17) is 4.74 Å². The fourth-order valence-electron chi connectivity index (χ4n) is 5.35. The molecule has 5 nitrogen and oxygen atoms in total. The van der Waals surface area contributed by atoms with E-state index in [-0.39, 0.29) is 17.9 Å². The normalized spacial score (nSPS) is 29.9. The molecule has 3 aliphatic heterocycles. The number of ether oxygens (including phenoxy) is 1. The van der Waals surface area contributed by atoms with E-state index in [2.05, 4.69) is 46.4 Å². The van der Waals surface area contributed by atoms with Crippen molar-refractivity contribution in [2.45, 2.75) is 38.8 Å². The van der Waals surface area contributed by atoms with E-state index in [0.29, 0.717) is 18.5 Å². The van der Waals surface area contributed by atoms with Gasteiger partial charge in [-0.1, -0.05) is 18.2 Å². The third-order valence-electron chi connectivity index (χ3n) is 6.72. The maximum Gasteiger partial charge on any atom is 0.250 e. The Hall–Kier alpha value is -2.27. The average Bonchev–Trinajstić information content (AvgIpc) is 3.06. The molecular weight excluding hydrogens is 338 g/mol. The molecule has 1 fully saturated rings. The van der Waals surface area contributed by atoms with Crippen LogP contribution in [0.5, 0.6) is 0 Å². The number of hydrogen-bond donors (Lipinski definition) is 2. The first-order valence-corrected chi connectivity index (χ1v) is 10.1. The number of para-hydroxylation sites is 1. The molecule has 0 saturated carbocycles. The summed E-state index contributed by atoms with van der Waals surface area (Å²) in [6.45, 7) is 6.81. The highest BCUT2D eigenvalue weighted by Gasteiger charge is 2.46. The first-order chi connectivity index (χ1) is 13.2. The van der Waals surface area contributed by atoms with Crippen LogP contribution >= 0.6 is 0 Å². The quantitative estimate of drug-likeness (QED) is 0.860. The van der Waals surface area contributed by atoms with Crippen molar-refractivity contribution < 1.29 is 9.53 Å². The summed E-state index contributed by atoms with van der Waals surface area (Å²) in [7, 11) is 0. The number of benzene rings is 1. The molecule has 1 aromatic carbocycles. The van der Waals surface area contributed by atoms with Gasteiger partial charge in [-0.15, -0.1) is 0 Å². The standard InChI is InChI=1S/C22H27N3O2/c1-3-23-22(26)18-12-27-13(2)17-11-25-9-8-15-14-6-4-5-7-19(14)24-21(15)20(25)10-16(17)18/h4-7,12-13,16-17,20,24H,3,8-11H2,1-2H3,(H,23,26)/t13-,16-,17+,20+/m0/s1. The summed E-state index contributed by atoms with van der Waals surface area (Å²) in [4.78, 5) is 18.9. The van der Waals surface area contributed by atoms with E-state index in [1.807, 2.05) is 6.92 Å². The number of aromatic amines is 1. The molecule has 4 heterocycles. The maximum absolute atomic E-state index is 12.6. The number of fused-ring (bicyclic) bond motifs is 6. The zero-order valence-electron chi connectivity index (χ0n) is 16.0. The molecule has 1 aromatic heterocycles. The van der Waals surface area contributed by atoms with Crippen molar-refractivity contribution in [2.75, 3.05) is 19.6 Å². The highest BCUT2D eigenvalue weighted by molar-refractivity contribution is 5.94. The Morgan fingerprint density at radius 3 is 3.07 bits per heavy atom. The third-order valence-corrected chi connectivity index (χ3v) is 6.72. The Bertz CT molecular complexity index is 915. The summed E-state index contributed by atoms with van der Waals surface area (Å²) in [5.41, 5.74) is 4.87. The van der Waals surface area contributed by atoms with E-state index in [1.54, 1.807) is 6.26 Å². The number of hydrogen-bond acceptors (Lipinski definition) is 3. The molecule has 0 aliphatic carbocycles. The van der Waals surface area contributed by atoms with Crippen LogP contribution < -0.4 is 5.32 Å². The minimum atomic E-state index is 0.0283. The minimum absolute atomic E-state index is 0.0283. The van der Waals surface area contributed by atoms with Gasteiger partial charge in [-0.05, 0) is 38.3 Å². The Kier molecular flexibility index (Phi) is 4.01. The molecule has 27 heavy (non-hydrogen) atoms.